The molecule has 1 amide bonds. The Hall–Kier alpha value is -2.70. The molecule has 0 aliphatic rings. The Bertz CT molecular complexity index is 685. The first-order valence-electron chi connectivity index (χ1n) is 9.32. The maximum Gasteiger partial charge on any atom is 0.306 e. The number of nitrogens with one attached hydrogen (secondary N) is 1. The lowest BCUT2D eigenvalue weighted by molar-refractivity contribution is -0.145. The van der Waals surface area contributed by atoms with Crippen LogP contribution in [0.25, 0.3) is 0 Å². The predicted octanol–water partition coefficient (Wildman–Crippen LogP) is 2.23. The van der Waals surface area contributed by atoms with Crippen LogP contribution in [0.5, 0.6) is 0 Å². The van der Waals surface area contributed by atoms with Gasteiger partial charge in [0.25, 0.3) is 0 Å². The first-order chi connectivity index (χ1) is 13.1. The van der Waals surface area contributed by atoms with Gasteiger partial charge in [-0.05, 0) is 17.9 Å². The van der Waals surface area contributed by atoms with Crippen LogP contribution in [-0.4, -0.2) is 41.9 Å². The molecule has 0 saturated heterocycles. The molecule has 0 aromatic heterocycles. The van der Waals surface area contributed by atoms with E-state index in [0.29, 0.717) is 0 Å². The lowest BCUT2D eigenvalue weighted by Crippen LogP contribution is -2.47. The summed E-state index contributed by atoms with van der Waals surface area (Å²) in [5, 5.41) is 11.8. The number of amides is 1. The second kappa shape index (κ2) is 11.2. The number of carbonyl (C=O) groups is 4. The van der Waals surface area contributed by atoms with Gasteiger partial charge in [0.05, 0.1) is 31.4 Å². The minimum Gasteiger partial charge on any atom is -0.481 e. The normalized spacial score (nSPS) is 14.0. The van der Waals surface area contributed by atoms with Gasteiger partial charge in [0.15, 0.2) is 5.78 Å². The van der Waals surface area contributed by atoms with Crippen LogP contribution in [0.2, 0.25) is 0 Å². The van der Waals surface area contributed by atoms with Crippen molar-refractivity contribution in [3.8, 4) is 0 Å². The molecule has 7 heteroatoms. The average Bonchev–Trinajstić information content (AvgIpc) is 2.65. The molecule has 0 bridgehead atoms. The van der Waals surface area contributed by atoms with E-state index in [4.69, 9.17) is 5.11 Å². The second-order valence-electron chi connectivity index (χ2n) is 7.29. The molecule has 0 unspecified atom stereocenters. The highest BCUT2D eigenvalue weighted by molar-refractivity contribution is 5.92. The Balaban J connectivity index is 2.99. The standard InChI is InChI=1S/C21H29NO6/c1-13(2)16(12-19(24)28-4)20(25)22-17(11-15-8-6-5-7-9-15)18(23)10-14(3)21(26)27/h5-9,13-14,16-17H,10-12H2,1-4H3,(H,22,25)(H,26,27)/t14-,16+,17+/m1/s1. The first-order valence-corrected chi connectivity index (χ1v) is 9.32. The van der Waals surface area contributed by atoms with Crippen LogP contribution >= 0.6 is 0 Å². The van der Waals surface area contributed by atoms with Crippen molar-refractivity contribution in [2.24, 2.45) is 17.8 Å². The minimum atomic E-state index is -1.07. The van der Waals surface area contributed by atoms with Crippen LogP contribution in [-0.2, 0) is 30.3 Å². The number of methoxy groups -OCH3 is 1. The van der Waals surface area contributed by atoms with Crippen molar-refractivity contribution in [2.75, 3.05) is 7.11 Å². The summed E-state index contributed by atoms with van der Waals surface area (Å²) in [6.07, 6.45) is -0.0188. The van der Waals surface area contributed by atoms with Crippen molar-refractivity contribution < 1.29 is 29.0 Å². The third kappa shape index (κ3) is 7.50. The summed E-state index contributed by atoms with van der Waals surface area (Å²) < 4.78 is 4.66. The van der Waals surface area contributed by atoms with Crippen LogP contribution in [0.15, 0.2) is 30.3 Å². The fourth-order valence-corrected chi connectivity index (χ4v) is 2.80. The van der Waals surface area contributed by atoms with Crippen LogP contribution < -0.4 is 5.32 Å². The van der Waals surface area contributed by atoms with Gasteiger partial charge in [-0.15, -0.1) is 0 Å². The van der Waals surface area contributed by atoms with Gasteiger partial charge >= 0.3 is 11.9 Å². The highest BCUT2D eigenvalue weighted by atomic mass is 16.5. The van der Waals surface area contributed by atoms with Gasteiger partial charge in [-0.1, -0.05) is 51.1 Å². The summed E-state index contributed by atoms with van der Waals surface area (Å²) in [5.41, 5.74) is 0.846. The SMILES string of the molecule is COC(=O)C[C@H](C(=O)N[C@@H](Cc1ccccc1)C(=O)C[C@@H](C)C(=O)O)C(C)C. The van der Waals surface area contributed by atoms with E-state index in [0.717, 1.165) is 5.56 Å². The molecule has 28 heavy (non-hydrogen) atoms. The second-order valence-corrected chi connectivity index (χ2v) is 7.29. The topological polar surface area (TPSA) is 110 Å². The zero-order valence-corrected chi connectivity index (χ0v) is 16.8. The molecule has 1 rings (SSSR count). The Morgan fingerprint density at radius 2 is 1.64 bits per heavy atom. The van der Waals surface area contributed by atoms with Crippen LogP contribution in [0.4, 0.5) is 0 Å². The number of Topliss-reactive ketones (excluding diaryl/α,β-unsaturated/α-hetero) is 1. The average molecular weight is 391 g/mol. The zero-order valence-electron chi connectivity index (χ0n) is 16.8. The van der Waals surface area contributed by atoms with E-state index in [1.54, 1.807) is 0 Å². The highest BCUT2D eigenvalue weighted by Crippen LogP contribution is 2.18. The molecule has 0 saturated carbocycles. The molecular formula is C21H29NO6. The van der Waals surface area contributed by atoms with Crippen molar-refractivity contribution in [1.29, 1.82) is 0 Å². The number of rotatable bonds is 11. The molecule has 0 fully saturated rings. The van der Waals surface area contributed by atoms with E-state index in [-0.39, 0.29) is 31.0 Å². The monoisotopic (exact) mass is 391 g/mol. The van der Waals surface area contributed by atoms with Gasteiger partial charge in [-0.2, -0.15) is 0 Å². The van der Waals surface area contributed by atoms with Crippen LogP contribution in [0, 0.1) is 17.8 Å². The summed E-state index contributed by atoms with van der Waals surface area (Å²) >= 11 is 0. The lowest BCUT2D eigenvalue weighted by atomic mass is 9.90. The maximum atomic E-state index is 12.8. The van der Waals surface area contributed by atoms with E-state index >= 15 is 0 Å². The summed E-state index contributed by atoms with van der Waals surface area (Å²) in [6, 6.07) is 8.30. The number of hydrogen-bond acceptors (Lipinski definition) is 5. The van der Waals surface area contributed by atoms with Gasteiger partial charge in [-0.25, -0.2) is 0 Å². The minimum absolute atomic E-state index is 0.0855. The third-order valence-electron chi connectivity index (χ3n) is 4.67. The van der Waals surface area contributed by atoms with Crippen molar-refractivity contribution in [3.63, 3.8) is 0 Å². The fraction of sp³-hybridized carbons (Fsp3) is 0.524. The summed E-state index contributed by atoms with van der Waals surface area (Å²) in [4.78, 5) is 48.2. The van der Waals surface area contributed by atoms with E-state index < -0.39 is 35.7 Å². The molecule has 0 heterocycles. The summed E-state index contributed by atoms with van der Waals surface area (Å²) in [6.45, 7) is 5.08. The molecule has 0 aliphatic heterocycles. The number of ketones is 1. The molecule has 1 aromatic carbocycles. The Labute approximate surface area is 165 Å². The molecule has 7 nitrogen and oxygen atoms in total. The van der Waals surface area contributed by atoms with Gasteiger partial charge in [0, 0.05) is 6.42 Å². The number of carbonyl (C=O) groups excluding carboxylic acids is 3. The number of aliphatic carboxylic acids is 1. The molecule has 0 aliphatic carbocycles. The molecule has 1 aromatic rings. The van der Waals surface area contributed by atoms with Gasteiger partial charge in [0.2, 0.25) is 5.91 Å². The smallest absolute Gasteiger partial charge is 0.306 e. The van der Waals surface area contributed by atoms with E-state index in [1.165, 1.54) is 14.0 Å². The highest BCUT2D eigenvalue weighted by Gasteiger charge is 2.30. The number of benzene rings is 1. The largest absolute Gasteiger partial charge is 0.481 e. The third-order valence-corrected chi connectivity index (χ3v) is 4.67. The van der Waals surface area contributed by atoms with Gasteiger partial charge in [0.1, 0.15) is 0 Å². The number of carboxylic acid groups (broad SMARTS) is 1. The fourth-order valence-electron chi connectivity index (χ4n) is 2.80. The summed E-state index contributed by atoms with van der Waals surface area (Å²) in [7, 11) is 1.26. The number of esters is 1. The van der Waals surface area contributed by atoms with Gasteiger partial charge in [-0.3, -0.25) is 19.2 Å². The molecular weight excluding hydrogens is 362 g/mol. The van der Waals surface area contributed by atoms with Crippen molar-refractivity contribution >= 4 is 23.6 Å². The van der Waals surface area contributed by atoms with Crippen molar-refractivity contribution in [2.45, 2.75) is 46.1 Å². The van der Waals surface area contributed by atoms with Gasteiger partial charge < -0.3 is 15.2 Å². The Morgan fingerprint density at radius 1 is 1.04 bits per heavy atom. The van der Waals surface area contributed by atoms with Crippen molar-refractivity contribution in [1.82, 2.24) is 5.32 Å². The number of hydrogen-bond donors (Lipinski definition) is 2. The van der Waals surface area contributed by atoms with E-state index in [1.807, 2.05) is 44.2 Å². The number of carboxylic acids is 1. The predicted molar refractivity (Wildman–Crippen MR) is 103 cm³/mol. The van der Waals surface area contributed by atoms with Crippen LogP contribution in [0.3, 0.4) is 0 Å². The lowest BCUT2D eigenvalue weighted by Gasteiger charge is -2.24. The Morgan fingerprint density at radius 3 is 2.14 bits per heavy atom. The molecule has 3 atom stereocenters. The molecule has 154 valence electrons. The van der Waals surface area contributed by atoms with E-state index in [9.17, 15) is 19.2 Å². The molecule has 0 radical (unpaired) electrons. The summed E-state index contributed by atoms with van der Waals surface area (Å²) in [5.74, 6) is -3.97. The first kappa shape index (κ1) is 23.3. The Kier molecular flexibility index (Phi) is 9.35. The maximum absolute atomic E-state index is 12.8. The van der Waals surface area contributed by atoms with Crippen LogP contribution in [0.1, 0.15) is 39.2 Å². The quantitative estimate of drug-likeness (QED) is 0.560. The number of ether oxygens (including phenoxy) is 1. The molecule has 2 N–H and O–H groups in total. The zero-order chi connectivity index (χ0) is 21.3. The van der Waals surface area contributed by atoms with E-state index in [2.05, 4.69) is 10.1 Å². The molecule has 0 spiro atoms. The van der Waals surface area contributed by atoms with Crippen molar-refractivity contribution in [3.05, 3.63) is 35.9 Å².